The van der Waals surface area contributed by atoms with Crippen molar-refractivity contribution in [3.8, 4) is 0 Å². The number of aromatic nitrogens is 2. The SMILES string of the molecule is CSc1nc2c(c(=O)[nH]1)[C@@H](c1ccc(Br)cc1)C1=C(CCCC1=O)N2. The molecule has 1 aromatic carbocycles. The molecule has 1 aromatic heterocycles. The summed E-state index contributed by atoms with van der Waals surface area (Å²) in [6.07, 6.45) is 4.02. The van der Waals surface area contributed by atoms with Gasteiger partial charge in [-0.25, -0.2) is 4.98 Å². The van der Waals surface area contributed by atoms with Crippen molar-refractivity contribution in [1.82, 2.24) is 9.97 Å². The number of thioether (sulfide) groups is 1. The maximum absolute atomic E-state index is 12.8. The van der Waals surface area contributed by atoms with Gasteiger partial charge in [-0.05, 0) is 36.8 Å². The van der Waals surface area contributed by atoms with E-state index in [0.29, 0.717) is 28.5 Å². The second-order valence-corrected chi connectivity index (χ2v) is 7.83. The third-order valence-corrected chi connectivity index (χ3v) is 5.74. The maximum atomic E-state index is 12.8. The Labute approximate surface area is 157 Å². The number of hydrogen-bond acceptors (Lipinski definition) is 5. The van der Waals surface area contributed by atoms with Gasteiger partial charge in [0, 0.05) is 28.1 Å². The van der Waals surface area contributed by atoms with E-state index in [1.165, 1.54) is 11.8 Å². The Balaban J connectivity index is 1.98. The molecule has 0 spiro atoms. The first kappa shape index (κ1) is 16.6. The standard InChI is InChI=1S/C18H16BrN3O2S/c1-25-18-21-16-15(17(24)22-18)13(9-5-7-10(19)8-6-9)14-11(20-16)3-2-4-12(14)23/h5-8,13H,2-4H2,1H3,(H2,20,21,22,24)/t13-/m0/s1. The second-order valence-electron chi connectivity index (χ2n) is 6.12. The lowest BCUT2D eigenvalue weighted by molar-refractivity contribution is -0.116. The molecule has 25 heavy (non-hydrogen) atoms. The molecule has 0 saturated carbocycles. The molecule has 0 fully saturated rings. The number of fused-ring (bicyclic) bond motifs is 1. The van der Waals surface area contributed by atoms with Crippen LogP contribution in [0.15, 0.2) is 50.0 Å². The van der Waals surface area contributed by atoms with Crippen molar-refractivity contribution < 1.29 is 4.79 Å². The summed E-state index contributed by atoms with van der Waals surface area (Å²) >= 11 is 4.83. The first-order chi connectivity index (χ1) is 12.1. The summed E-state index contributed by atoms with van der Waals surface area (Å²) in [5.74, 6) is 0.300. The van der Waals surface area contributed by atoms with Crippen molar-refractivity contribution in [2.45, 2.75) is 30.3 Å². The molecule has 2 heterocycles. The maximum Gasteiger partial charge on any atom is 0.257 e. The van der Waals surface area contributed by atoms with Crippen LogP contribution in [-0.4, -0.2) is 22.0 Å². The molecule has 0 radical (unpaired) electrons. The van der Waals surface area contributed by atoms with Crippen molar-refractivity contribution in [1.29, 1.82) is 0 Å². The summed E-state index contributed by atoms with van der Waals surface area (Å²) in [6, 6.07) is 7.78. The molecule has 2 N–H and O–H groups in total. The number of halogens is 1. The average Bonchev–Trinajstić information content (AvgIpc) is 2.61. The highest BCUT2D eigenvalue weighted by atomic mass is 79.9. The first-order valence-electron chi connectivity index (χ1n) is 8.05. The van der Waals surface area contributed by atoms with Gasteiger partial charge < -0.3 is 10.3 Å². The fourth-order valence-electron chi connectivity index (χ4n) is 3.53. The van der Waals surface area contributed by atoms with Gasteiger partial charge in [-0.2, -0.15) is 0 Å². The molecule has 0 unspecified atom stereocenters. The number of ketones is 1. The molecular weight excluding hydrogens is 402 g/mol. The van der Waals surface area contributed by atoms with Crippen molar-refractivity contribution in [3.05, 3.63) is 61.5 Å². The molecule has 2 aromatic rings. The van der Waals surface area contributed by atoms with Gasteiger partial charge in [0.25, 0.3) is 5.56 Å². The summed E-state index contributed by atoms with van der Waals surface area (Å²) in [4.78, 5) is 32.8. The number of hydrogen-bond donors (Lipinski definition) is 2. The van der Waals surface area contributed by atoms with Crippen LogP contribution in [0.1, 0.15) is 36.3 Å². The molecule has 1 aliphatic carbocycles. The van der Waals surface area contributed by atoms with Crippen molar-refractivity contribution >= 4 is 39.3 Å². The van der Waals surface area contributed by atoms with Gasteiger partial charge in [-0.1, -0.05) is 39.8 Å². The Kier molecular flexibility index (Phi) is 4.29. The van der Waals surface area contributed by atoms with Crippen LogP contribution in [-0.2, 0) is 4.79 Å². The number of carbonyl (C=O) groups excluding carboxylic acids is 1. The van der Waals surface area contributed by atoms with Gasteiger partial charge in [-0.15, -0.1) is 0 Å². The number of Topliss-reactive ketones (excluding diaryl/α,β-unsaturated/α-hetero) is 1. The van der Waals surface area contributed by atoms with Crippen LogP contribution in [0, 0.1) is 0 Å². The summed E-state index contributed by atoms with van der Waals surface area (Å²) in [5, 5.41) is 3.83. The predicted octanol–water partition coefficient (Wildman–Crippen LogP) is 3.82. The zero-order valence-electron chi connectivity index (χ0n) is 13.6. The molecule has 0 saturated heterocycles. The Morgan fingerprint density at radius 1 is 1.20 bits per heavy atom. The van der Waals surface area contributed by atoms with Gasteiger partial charge in [0.15, 0.2) is 10.9 Å². The molecule has 5 nitrogen and oxygen atoms in total. The number of H-pyrrole nitrogens is 1. The molecule has 7 heteroatoms. The zero-order chi connectivity index (χ0) is 17.6. The van der Waals surface area contributed by atoms with Crippen molar-refractivity contribution in [2.75, 3.05) is 11.6 Å². The van der Waals surface area contributed by atoms with E-state index >= 15 is 0 Å². The van der Waals surface area contributed by atoms with Gasteiger partial charge >= 0.3 is 0 Å². The Morgan fingerprint density at radius 2 is 1.96 bits per heavy atom. The number of benzene rings is 1. The topological polar surface area (TPSA) is 74.8 Å². The minimum Gasteiger partial charge on any atom is -0.343 e. The highest BCUT2D eigenvalue weighted by Gasteiger charge is 2.37. The second kappa shape index (κ2) is 6.46. The smallest absolute Gasteiger partial charge is 0.257 e. The van der Waals surface area contributed by atoms with E-state index in [1.807, 2.05) is 30.5 Å². The highest BCUT2D eigenvalue weighted by molar-refractivity contribution is 9.10. The highest BCUT2D eigenvalue weighted by Crippen LogP contribution is 2.43. The minimum absolute atomic E-state index is 0.112. The van der Waals surface area contributed by atoms with Crippen LogP contribution < -0.4 is 10.9 Å². The summed E-state index contributed by atoms with van der Waals surface area (Å²) in [5.41, 5.74) is 2.87. The van der Waals surface area contributed by atoms with E-state index in [0.717, 1.165) is 28.6 Å². The monoisotopic (exact) mass is 417 g/mol. The predicted molar refractivity (Wildman–Crippen MR) is 102 cm³/mol. The lowest BCUT2D eigenvalue weighted by Crippen LogP contribution is -2.32. The molecule has 4 rings (SSSR count). The van der Waals surface area contributed by atoms with Crippen LogP contribution in [0.2, 0.25) is 0 Å². The first-order valence-corrected chi connectivity index (χ1v) is 10.1. The van der Waals surface area contributed by atoms with Gasteiger partial charge in [0.05, 0.1) is 5.56 Å². The minimum atomic E-state index is -0.376. The molecule has 2 aliphatic rings. The normalized spacial score (nSPS) is 19.3. The molecule has 128 valence electrons. The van der Waals surface area contributed by atoms with E-state index in [9.17, 15) is 9.59 Å². The molecule has 1 atom stereocenters. The zero-order valence-corrected chi connectivity index (χ0v) is 16.0. The van der Waals surface area contributed by atoms with Crippen molar-refractivity contribution in [3.63, 3.8) is 0 Å². The van der Waals surface area contributed by atoms with Crippen LogP contribution in [0.4, 0.5) is 5.82 Å². The Hall–Kier alpha value is -1.86. The largest absolute Gasteiger partial charge is 0.343 e. The Morgan fingerprint density at radius 3 is 2.68 bits per heavy atom. The van der Waals surface area contributed by atoms with Gasteiger partial charge in [-0.3, -0.25) is 9.59 Å². The number of nitrogens with one attached hydrogen (secondary N) is 2. The van der Waals surface area contributed by atoms with E-state index in [4.69, 9.17) is 0 Å². The third kappa shape index (κ3) is 2.85. The fraction of sp³-hybridized carbons (Fsp3) is 0.278. The van der Waals surface area contributed by atoms with Gasteiger partial charge in [0.1, 0.15) is 5.82 Å². The summed E-state index contributed by atoms with van der Waals surface area (Å²) < 4.78 is 0.958. The van der Waals surface area contributed by atoms with Gasteiger partial charge in [0.2, 0.25) is 0 Å². The van der Waals surface area contributed by atoms with Crippen LogP contribution in [0.3, 0.4) is 0 Å². The van der Waals surface area contributed by atoms with E-state index < -0.39 is 0 Å². The number of rotatable bonds is 2. The number of carbonyl (C=O) groups is 1. The molecular formula is C18H16BrN3O2S. The van der Waals surface area contributed by atoms with Crippen molar-refractivity contribution in [2.24, 2.45) is 0 Å². The lowest BCUT2D eigenvalue weighted by atomic mass is 9.76. The number of nitrogens with zero attached hydrogens (tertiary/aromatic N) is 1. The van der Waals surface area contributed by atoms with E-state index in [-0.39, 0.29) is 17.3 Å². The number of allylic oxidation sites excluding steroid dienone is 2. The summed E-state index contributed by atoms with van der Waals surface area (Å²) in [6.45, 7) is 0. The molecule has 0 amide bonds. The molecule has 0 bridgehead atoms. The fourth-order valence-corrected chi connectivity index (χ4v) is 4.17. The quantitative estimate of drug-likeness (QED) is 0.573. The van der Waals surface area contributed by atoms with Crippen LogP contribution in [0.5, 0.6) is 0 Å². The van der Waals surface area contributed by atoms with Crippen LogP contribution >= 0.6 is 27.7 Å². The number of aromatic amines is 1. The molecule has 1 aliphatic heterocycles. The number of anilines is 1. The van der Waals surface area contributed by atoms with Crippen LogP contribution in [0.25, 0.3) is 0 Å². The Bertz CT molecular complexity index is 950. The lowest BCUT2D eigenvalue weighted by Gasteiger charge is -2.32. The van der Waals surface area contributed by atoms with E-state index in [2.05, 4.69) is 31.2 Å². The summed E-state index contributed by atoms with van der Waals surface area (Å²) in [7, 11) is 0. The average molecular weight is 418 g/mol. The third-order valence-electron chi connectivity index (χ3n) is 4.63. The van der Waals surface area contributed by atoms with E-state index in [1.54, 1.807) is 0 Å².